The van der Waals surface area contributed by atoms with Crippen molar-refractivity contribution in [2.24, 2.45) is 7.05 Å². The van der Waals surface area contributed by atoms with Crippen LogP contribution in [-0.2, 0) is 36.9 Å². The average molecular weight is 407 g/mol. The number of aromatic amines is 1. The van der Waals surface area contributed by atoms with Gasteiger partial charge in [-0.15, -0.1) is 0 Å². The van der Waals surface area contributed by atoms with Crippen LogP contribution >= 0.6 is 0 Å². The Morgan fingerprint density at radius 3 is 3.07 bits per heavy atom. The topological polar surface area (TPSA) is 101 Å². The van der Waals surface area contributed by atoms with Gasteiger partial charge in [0, 0.05) is 50.4 Å². The van der Waals surface area contributed by atoms with Crippen molar-refractivity contribution >= 4 is 5.95 Å². The van der Waals surface area contributed by atoms with E-state index in [2.05, 4.69) is 25.2 Å². The van der Waals surface area contributed by atoms with E-state index in [0.29, 0.717) is 25.7 Å². The summed E-state index contributed by atoms with van der Waals surface area (Å²) in [6, 6.07) is 3.46. The number of H-pyrrole nitrogens is 1. The van der Waals surface area contributed by atoms with Gasteiger partial charge in [-0.2, -0.15) is 0 Å². The van der Waals surface area contributed by atoms with Crippen molar-refractivity contribution < 1.29 is 4.74 Å². The molecule has 2 aliphatic heterocycles. The van der Waals surface area contributed by atoms with Gasteiger partial charge in [-0.3, -0.25) is 9.69 Å². The third kappa shape index (κ3) is 3.61. The largest absolute Gasteiger partial charge is 0.376 e. The van der Waals surface area contributed by atoms with Crippen LogP contribution in [0.2, 0.25) is 0 Å². The van der Waals surface area contributed by atoms with E-state index in [1.807, 2.05) is 30.1 Å². The van der Waals surface area contributed by atoms with Crippen LogP contribution in [-0.4, -0.2) is 49.1 Å². The summed E-state index contributed by atoms with van der Waals surface area (Å²) in [5.41, 5.74) is 4.14. The van der Waals surface area contributed by atoms with Gasteiger partial charge < -0.3 is 19.6 Å². The van der Waals surface area contributed by atoms with E-state index in [1.165, 1.54) is 0 Å². The lowest BCUT2D eigenvalue weighted by Crippen LogP contribution is -2.40. The molecule has 0 amide bonds. The molecule has 0 aliphatic carbocycles. The van der Waals surface area contributed by atoms with Crippen molar-refractivity contribution in [3.05, 3.63) is 69.9 Å². The summed E-state index contributed by atoms with van der Waals surface area (Å²) in [5.74, 6) is 0.635. The van der Waals surface area contributed by atoms with Gasteiger partial charge in [0.25, 0.3) is 0 Å². The number of imidazole rings is 1. The molecule has 1 atom stereocenters. The highest BCUT2D eigenvalue weighted by atomic mass is 16.5. The van der Waals surface area contributed by atoms with Crippen molar-refractivity contribution in [3.8, 4) is 0 Å². The first-order valence-corrected chi connectivity index (χ1v) is 10.1. The quantitative estimate of drug-likeness (QED) is 0.655. The molecule has 9 heteroatoms. The zero-order valence-electron chi connectivity index (χ0n) is 17.0. The van der Waals surface area contributed by atoms with Crippen LogP contribution in [0.1, 0.15) is 28.9 Å². The Morgan fingerprint density at radius 1 is 1.33 bits per heavy atom. The molecule has 0 aromatic carbocycles. The van der Waals surface area contributed by atoms with Gasteiger partial charge in [0.2, 0.25) is 11.5 Å². The van der Waals surface area contributed by atoms with E-state index >= 15 is 0 Å². The van der Waals surface area contributed by atoms with Gasteiger partial charge in [0.05, 0.1) is 42.9 Å². The fourth-order valence-electron chi connectivity index (χ4n) is 4.41. The van der Waals surface area contributed by atoms with Crippen LogP contribution in [0, 0.1) is 0 Å². The number of ether oxygens (including phenoxy) is 1. The second-order valence-electron chi connectivity index (χ2n) is 8.21. The molecule has 9 nitrogen and oxygen atoms in total. The van der Waals surface area contributed by atoms with Crippen LogP contribution < -0.4 is 10.9 Å². The van der Waals surface area contributed by atoms with Crippen LogP contribution in [0.3, 0.4) is 0 Å². The fraction of sp³-hybridized carbons (Fsp3) is 0.429. The summed E-state index contributed by atoms with van der Waals surface area (Å²) in [7, 11) is 1.97. The Balaban J connectivity index is 1.34. The minimum absolute atomic E-state index is 0.0749. The first-order chi connectivity index (χ1) is 14.6. The first kappa shape index (κ1) is 19.0. The summed E-state index contributed by atoms with van der Waals surface area (Å²) < 4.78 is 7.91. The Labute approximate surface area is 174 Å². The van der Waals surface area contributed by atoms with Crippen molar-refractivity contribution in [1.29, 1.82) is 0 Å². The van der Waals surface area contributed by atoms with Crippen molar-refractivity contribution in [2.75, 3.05) is 25.0 Å². The number of aromatic nitrogens is 5. The highest BCUT2D eigenvalue weighted by Crippen LogP contribution is 2.39. The Hall–Kier alpha value is -3.04. The molecular weight excluding hydrogens is 382 g/mol. The molecule has 5 heterocycles. The molecule has 2 N–H and O–H groups in total. The molecule has 0 bridgehead atoms. The maximum absolute atomic E-state index is 11.3. The van der Waals surface area contributed by atoms with Crippen LogP contribution in [0.15, 0.2) is 41.8 Å². The molecule has 3 aromatic heterocycles. The number of hydrogen-bond acceptors (Lipinski definition) is 7. The normalized spacial score (nSPS) is 21.1. The minimum Gasteiger partial charge on any atom is -0.376 e. The lowest BCUT2D eigenvalue weighted by Gasteiger charge is -2.34. The highest BCUT2D eigenvalue weighted by molar-refractivity contribution is 5.37. The smallest absolute Gasteiger partial charge is 0.247 e. The zero-order chi connectivity index (χ0) is 20.6. The molecule has 0 radical (unpaired) electrons. The molecule has 1 spiro atoms. The Morgan fingerprint density at radius 2 is 2.27 bits per heavy atom. The number of hydrogen-bond donors (Lipinski definition) is 2. The van der Waals surface area contributed by atoms with E-state index < -0.39 is 0 Å². The molecule has 30 heavy (non-hydrogen) atoms. The number of aryl methyl sites for hydroxylation is 1. The third-order valence-electron chi connectivity index (χ3n) is 6.03. The van der Waals surface area contributed by atoms with E-state index in [0.717, 1.165) is 48.6 Å². The Bertz CT molecular complexity index is 1090. The maximum Gasteiger partial charge on any atom is 0.247 e. The molecule has 156 valence electrons. The average Bonchev–Trinajstić information content (AvgIpc) is 3.35. The molecule has 1 fully saturated rings. The number of rotatable bonds is 5. The van der Waals surface area contributed by atoms with Crippen LogP contribution in [0.4, 0.5) is 5.95 Å². The maximum atomic E-state index is 11.3. The number of fused-ring (bicyclic) bond motifs is 2. The minimum atomic E-state index is -0.123. The molecule has 3 aromatic rings. The van der Waals surface area contributed by atoms with Gasteiger partial charge in [0.15, 0.2) is 0 Å². The summed E-state index contributed by atoms with van der Waals surface area (Å²) in [6.07, 6.45) is 8.29. The van der Waals surface area contributed by atoms with Gasteiger partial charge >= 0.3 is 0 Å². The van der Waals surface area contributed by atoms with Crippen LogP contribution in [0.5, 0.6) is 0 Å². The summed E-state index contributed by atoms with van der Waals surface area (Å²) in [5, 5.41) is 3.33. The Kier molecular flexibility index (Phi) is 4.84. The monoisotopic (exact) mass is 407 g/mol. The zero-order valence-corrected chi connectivity index (χ0v) is 17.0. The number of likely N-dealkylation sites (tertiary alicyclic amines) is 1. The second-order valence-corrected chi connectivity index (χ2v) is 8.21. The number of pyridine rings is 1. The van der Waals surface area contributed by atoms with E-state index in [1.54, 1.807) is 18.6 Å². The van der Waals surface area contributed by atoms with Crippen molar-refractivity contribution in [1.82, 2.24) is 29.4 Å². The summed E-state index contributed by atoms with van der Waals surface area (Å²) >= 11 is 0. The van der Waals surface area contributed by atoms with E-state index in [9.17, 15) is 4.79 Å². The van der Waals surface area contributed by atoms with Gasteiger partial charge in [-0.05, 0) is 18.5 Å². The lowest BCUT2D eigenvalue weighted by atomic mass is 9.80. The lowest BCUT2D eigenvalue weighted by molar-refractivity contribution is 0.0503. The fourth-order valence-corrected chi connectivity index (χ4v) is 4.41. The predicted octanol–water partition coefficient (Wildman–Crippen LogP) is 1.18. The van der Waals surface area contributed by atoms with Gasteiger partial charge in [-0.25, -0.2) is 15.0 Å². The first-order valence-electron chi connectivity index (χ1n) is 10.1. The van der Waals surface area contributed by atoms with Crippen molar-refractivity contribution in [3.63, 3.8) is 0 Å². The molecule has 2 aliphatic rings. The van der Waals surface area contributed by atoms with Crippen molar-refractivity contribution in [2.45, 2.75) is 31.5 Å². The van der Waals surface area contributed by atoms with Gasteiger partial charge in [-0.1, -0.05) is 6.07 Å². The standard InChI is InChI=1S/C21H25N7O2/c1-27-14-22-8-17(27)9-25-20-24-7-16-11-30-13-21(19(16)26-20)4-5-28(12-21)10-15-2-3-18(29)23-6-15/h2-3,6-8,14H,4-5,9-13H2,1H3,(H,23,29)(H,24,25,26)/t21-/m0/s1. The molecule has 5 rings (SSSR count). The summed E-state index contributed by atoms with van der Waals surface area (Å²) in [6.45, 7) is 4.47. The van der Waals surface area contributed by atoms with Crippen LogP contribution in [0.25, 0.3) is 0 Å². The summed E-state index contributed by atoms with van der Waals surface area (Å²) in [4.78, 5) is 30.0. The van der Waals surface area contributed by atoms with Gasteiger partial charge in [0.1, 0.15) is 0 Å². The SMILES string of the molecule is Cn1cncc1CNc1ncc2c(n1)[C@]1(CCN(Cc3ccc(=O)[nH]c3)C1)COC2. The highest BCUT2D eigenvalue weighted by Gasteiger charge is 2.44. The van der Waals surface area contributed by atoms with E-state index in [4.69, 9.17) is 9.72 Å². The van der Waals surface area contributed by atoms with E-state index in [-0.39, 0.29) is 11.0 Å². The number of anilines is 1. The molecule has 0 unspecified atom stereocenters. The molecule has 0 saturated carbocycles. The molecule has 1 saturated heterocycles. The predicted molar refractivity (Wildman–Crippen MR) is 111 cm³/mol. The number of nitrogens with one attached hydrogen (secondary N) is 2. The number of nitrogens with zero attached hydrogens (tertiary/aromatic N) is 5. The second kappa shape index (κ2) is 7.66. The molecular formula is C21H25N7O2. The third-order valence-corrected chi connectivity index (χ3v) is 6.03.